The second kappa shape index (κ2) is 2.55. The molecule has 1 aliphatic heterocycles. The van der Waals surface area contributed by atoms with Gasteiger partial charge < -0.3 is 5.32 Å². The summed E-state index contributed by atoms with van der Waals surface area (Å²) in [5.41, 5.74) is 1.81. The maximum absolute atomic E-state index is 12.3. The van der Waals surface area contributed by atoms with Gasteiger partial charge in [-0.1, -0.05) is 12.1 Å². The van der Waals surface area contributed by atoms with Crippen LogP contribution in [0.4, 0.5) is 5.69 Å². The molecule has 0 aromatic heterocycles. The van der Waals surface area contributed by atoms with E-state index < -0.39 is 14.6 Å². The Morgan fingerprint density at radius 2 is 2.07 bits per heavy atom. The van der Waals surface area contributed by atoms with Crippen molar-refractivity contribution in [2.75, 3.05) is 11.9 Å². The molecule has 2 aliphatic rings. The zero-order chi connectivity index (χ0) is 10.7. The Balaban J connectivity index is 2.29. The number of fused-ring (bicyclic) bond motifs is 1. The summed E-state index contributed by atoms with van der Waals surface area (Å²) in [6.07, 6.45) is 1.60. The van der Waals surface area contributed by atoms with E-state index in [0.717, 1.165) is 24.1 Å². The minimum absolute atomic E-state index is 0.478. The van der Waals surface area contributed by atoms with Gasteiger partial charge in [-0.25, -0.2) is 8.42 Å². The first-order valence-electron chi connectivity index (χ1n) is 5.15. The van der Waals surface area contributed by atoms with Crippen LogP contribution in [0.3, 0.4) is 0 Å². The van der Waals surface area contributed by atoms with E-state index in [-0.39, 0.29) is 0 Å². The highest BCUT2D eigenvalue weighted by Crippen LogP contribution is 2.51. The zero-order valence-electron chi connectivity index (χ0n) is 8.58. The number of aryl methyl sites for hydroxylation is 1. The average molecular weight is 223 g/mol. The second-order valence-corrected chi connectivity index (χ2v) is 6.80. The number of anilines is 1. The summed E-state index contributed by atoms with van der Waals surface area (Å²) in [5, 5.41) is 3.26. The van der Waals surface area contributed by atoms with Gasteiger partial charge in [0.15, 0.2) is 9.84 Å². The number of hydrogen-bond donors (Lipinski definition) is 1. The molecule has 0 unspecified atom stereocenters. The Bertz CT molecular complexity index is 530. The van der Waals surface area contributed by atoms with Crippen LogP contribution in [-0.4, -0.2) is 19.7 Å². The third kappa shape index (κ3) is 1.03. The van der Waals surface area contributed by atoms with E-state index in [0.29, 0.717) is 11.4 Å². The normalized spacial score (nSPS) is 24.3. The number of sulfone groups is 1. The smallest absolute Gasteiger partial charge is 0.187 e. The van der Waals surface area contributed by atoms with Gasteiger partial charge in [-0.2, -0.15) is 0 Å². The third-order valence-corrected chi connectivity index (χ3v) is 6.10. The SMILES string of the molecule is Cc1cccc2c1NCC1(CC1)S2(=O)=O. The third-order valence-electron chi connectivity index (χ3n) is 3.49. The van der Waals surface area contributed by atoms with Crippen LogP contribution in [0.25, 0.3) is 0 Å². The van der Waals surface area contributed by atoms with Crippen LogP contribution in [0.2, 0.25) is 0 Å². The van der Waals surface area contributed by atoms with Gasteiger partial charge in [-0.3, -0.25) is 0 Å². The molecule has 1 aromatic rings. The maximum Gasteiger partial charge on any atom is 0.187 e. The highest BCUT2D eigenvalue weighted by molar-refractivity contribution is 7.93. The molecule has 15 heavy (non-hydrogen) atoms. The van der Waals surface area contributed by atoms with Crippen molar-refractivity contribution in [2.45, 2.75) is 29.4 Å². The van der Waals surface area contributed by atoms with Crippen molar-refractivity contribution >= 4 is 15.5 Å². The monoisotopic (exact) mass is 223 g/mol. The van der Waals surface area contributed by atoms with E-state index in [1.165, 1.54) is 0 Å². The fourth-order valence-corrected chi connectivity index (χ4v) is 4.38. The van der Waals surface area contributed by atoms with Crippen molar-refractivity contribution in [3.8, 4) is 0 Å². The van der Waals surface area contributed by atoms with Gasteiger partial charge >= 0.3 is 0 Å². The molecule has 3 nitrogen and oxygen atoms in total. The first-order valence-corrected chi connectivity index (χ1v) is 6.63. The largest absolute Gasteiger partial charge is 0.382 e. The lowest BCUT2D eigenvalue weighted by Gasteiger charge is -2.27. The van der Waals surface area contributed by atoms with Crippen LogP contribution >= 0.6 is 0 Å². The van der Waals surface area contributed by atoms with Gasteiger partial charge in [0.1, 0.15) is 0 Å². The predicted molar refractivity (Wildman–Crippen MR) is 58.8 cm³/mol. The average Bonchev–Trinajstić information content (AvgIpc) is 2.95. The molecule has 3 rings (SSSR count). The first-order chi connectivity index (χ1) is 7.07. The van der Waals surface area contributed by atoms with Gasteiger partial charge in [0.2, 0.25) is 0 Å². The molecule has 1 aromatic carbocycles. The summed E-state index contributed by atoms with van der Waals surface area (Å²) in [7, 11) is -3.09. The van der Waals surface area contributed by atoms with Crippen molar-refractivity contribution in [1.82, 2.24) is 0 Å². The Morgan fingerprint density at radius 3 is 2.73 bits per heavy atom. The highest BCUT2D eigenvalue weighted by atomic mass is 32.2. The van der Waals surface area contributed by atoms with Gasteiger partial charge in [-0.05, 0) is 31.4 Å². The highest BCUT2D eigenvalue weighted by Gasteiger charge is 2.57. The van der Waals surface area contributed by atoms with E-state index in [1.54, 1.807) is 6.07 Å². The number of nitrogens with one attached hydrogen (secondary N) is 1. The lowest BCUT2D eigenvalue weighted by molar-refractivity contribution is 0.575. The molecule has 1 fully saturated rings. The van der Waals surface area contributed by atoms with Crippen LogP contribution in [0.15, 0.2) is 23.1 Å². The molecule has 0 atom stereocenters. The Labute approximate surface area is 89.4 Å². The summed E-state index contributed by atoms with van der Waals surface area (Å²) in [5.74, 6) is 0. The molecule has 80 valence electrons. The van der Waals surface area contributed by atoms with E-state index >= 15 is 0 Å². The molecule has 1 N–H and O–H groups in total. The molecular weight excluding hydrogens is 210 g/mol. The van der Waals surface area contributed by atoms with Crippen molar-refractivity contribution < 1.29 is 8.42 Å². The molecule has 1 saturated carbocycles. The fraction of sp³-hybridized carbons (Fsp3) is 0.455. The summed E-state index contributed by atoms with van der Waals surface area (Å²) < 4.78 is 24.1. The van der Waals surface area contributed by atoms with E-state index in [1.807, 2.05) is 19.1 Å². The van der Waals surface area contributed by atoms with Gasteiger partial charge in [0.05, 0.1) is 15.3 Å². The lowest BCUT2D eigenvalue weighted by Crippen LogP contribution is -2.36. The van der Waals surface area contributed by atoms with Gasteiger partial charge in [0.25, 0.3) is 0 Å². The summed E-state index contributed by atoms with van der Waals surface area (Å²) in [6.45, 7) is 2.51. The van der Waals surface area contributed by atoms with Crippen LogP contribution in [0.1, 0.15) is 18.4 Å². The minimum atomic E-state index is -3.09. The number of hydrogen-bond acceptors (Lipinski definition) is 3. The van der Waals surface area contributed by atoms with Gasteiger partial charge in [0, 0.05) is 6.54 Å². The van der Waals surface area contributed by atoms with E-state index in [4.69, 9.17) is 0 Å². The Kier molecular flexibility index (Phi) is 1.57. The van der Waals surface area contributed by atoms with Crippen LogP contribution in [0, 0.1) is 6.92 Å². The molecule has 0 bridgehead atoms. The first kappa shape index (κ1) is 9.21. The second-order valence-electron chi connectivity index (χ2n) is 4.49. The van der Waals surface area contributed by atoms with Crippen molar-refractivity contribution in [3.63, 3.8) is 0 Å². The number of para-hydroxylation sites is 1. The molecule has 0 saturated heterocycles. The summed E-state index contributed by atoms with van der Waals surface area (Å²) in [6, 6.07) is 5.46. The topological polar surface area (TPSA) is 46.2 Å². The van der Waals surface area contributed by atoms with Crippen molar-refractivity contribution in [1.29, 1.82) is 0 Å². The summed E-state index contributed by atoms with van der Waals surface area (Å²) >= 11 is 0. The zero-order valence-corrected chi connectivity index (χ0v) is 9.39. The summed E-state index contributed by atoms with van der Waals surface area (Å²) in [4.78, 5) is 0.492. The number of rotatable bonds is 0. The van der Waals surface area contributed by atoms with E-state index in [2.05, 4.69) is 5.32 Å². The molecule has 1 aliphatic carbocycles. The number of benzene rings is 1. The molecule has 0 radical (unpaired) electrons. The fourth-order valence-electron chi connectivity index (χ4n) is 2.25. The van der Waals surface area contributed by atoms with Crippen molar-refractivity contribution in [3.05, 3.63) is 23.8 Å². The lowest BCUT2D eigenvalue weighted by atomic mass is 10.2. The van der Waals surface area contributed by atoms with Gasteiger partial charge in [-0.15, -0.1) is 0 Å². The Morgan fingerprint density at radius 1 is 1.33 bits per heavy atom. The molecule has 1 spiro atoms. The molecule has 4 heteroatoms. The predicted octanol–water partition coefficient (Wildman–Crippen LogP) is 1.73. The molecule has 0 amide bonds. The Hall–Kier alpha value is -1.03. The molecular formula is C11H13NO2S. The maximum atomic E-state index is 12.3. The van der Waals surface area contributed by atoms with Crippen LogP contribution in [-0.2, 0) is 9.84 Å². The standard InChI is InChI=1S/C11H13NO2S/c1-8-3-2-4-9-10(8)12-7-11(5-6-11)15(9,13)14/h2-4,12H,5-7H2,1H3. The molecule has 1 heterocycles. The van der Waals surface area contributed by atoms with Crippen LogP contribution in [0.5, 0.6) is 0 Å². The quantitative estimate of drug-likeness (QED) is 0.728. The minimum Gasteiger partial charge on any atom is -0.382 e. The van der Waals surface area contributed by atoms with Crippen LogP contribution < -0.4 is 5.32 Å². The van der Waals surface area contributed by atoms with E-state index in [9.17, 15) is 8.42 Å². The van der Waals surface area contributed by atoms with Crippen molar-refractivity contribution in [2.24, 2.45) is 0 Å².